The Morgan fingerprint density at radius 3 is 2.92 bits per heavy atom. The van der Waals surface area contributed by atoms with Crippen LogP contribution in [0.25, 0.3) is 0 Å². The number of piperidine rings is 1. The SMILES string of the molecule is C[C@@H]1CN2C[C@H]3CC[C@@H]4CCC=C4[C@@]4(CCC(=O)O)[C@@H]2[C@@H]1CC[C@@]34C. The number of carbonyl (C=O) groups is 1. The molecule has 2 saturated heterocycles. The van der Waals surface area contributed by atoms with Crippen molar-refractivity contribution in [2.24, 2.45) is 34.5 Å². The number of nitrogens with zero attached hydrogens (tertiary/aromatic N) is 1. The molecule has 3 nitrogen and oxygen atoms in total. The van der Waals surface area contributed by atoms with E-state index in [0.717, 1.165) is 30.1 Å². The molecule has 25 heavy (non-hydrogen) atoms. The highest BCUT2D eigenvalue weighted by Gasteiger charge is 2.69. The maximum absolute atomic E-state index is 11.6. The van der Waals surface area contributed by atoms with Gasteiger partial charge in [0.1, 0.15) is 0 Å². The van der Waals surface area contributed by atoms with Crippen LogP contribution in [0.3, 0.4) is 0 Å². The Bertz CT molecular complexity index is 628. The first-order valence-corrected chi connectivity index (χ1v) is 10.6. The second-order valence-corrected chi connectivity index (χ2v) is 10.1. The summed E-state index contributed by atoms with van der Waals surface area (Å²) >= 11 is 0. The molecule has 3 aliphatic carbocycles. The number of hydrogen-bond acceptors (Lipinski definition) is 2. The molecule has 2 saturated carbocycles. The van der Waals surface area contributed by atoms with Gasteiger partial charge in [-0.1, -0.05) is 25.5 Å². The molecule has 3 heteroatoms. The number of carboxylic acids is 1. The number of allylic oxidation sites excluding steroid dienone is 1. The summed E-state index contributed by atoms with van der Waals surface area (Å²) in [5, 5.41) is 9.56. The van der Waals surface area contributed by atoms with Crippen LogP contribution in [0.4, 0.5) is 0 Å². The molecule has 5 aliphatic rings. The predicted molar refractivity (Wildman–Crippen MR) is 98.2 cm³/mol. The van der Waals surface area contributed by atoms with Gasteiger partial charge in [-0.05, 0) is 74.0 Å². The van der Waals surface area contributed by atoms with Gasteiger partial charge in [0.2, 0.25) is 0 Å². The van der Waals surface area contributed by atoms with E-state index < -0.39 is 5.97 Å². The Hall–Kier alpha value is -0.830. The summed E-state index contributed by atoms with van der Waals surface area (Å²) < 4.78 is 0. The van der Waals surface area contributed by atoms with Crippen LogP contribution < -0.4 is 0 Å². The maximum atomic E-state index is 11.6. The van der Waals surface area contributed by atoms with Crippen molar-refractivity contribution in [2.45, 2.75) is 71.3 Å². The lowest BCUT2D eigenvalue weighted by atomic mass is 9.42. The first-order chi connectivity index (χ1) is 12.0. The van der Waals surface area contributed by atoms with Gasteiger partial charge in [0.05, 0.1) is 0 Å². The largest absolute Gasteiger partial charge is 0.481 e. The van der Waals surface area contributed by atoms with Crippen molar-refractivity contribution in [1.29, 1.82) is 0 Å². The number of rotatable bonds is 3. The summed E-state index contributed by atoms with van der Waals surface area (Å²) in [5.74, 6) is 2.46. The second-order valence-electron chi connectivity index (χ2n) is 10.1. The third kappa shape index (κ3) is 1.94. The molecule has 0 aromatic heterocycles. The number of fused-ring (bicyclic) bond motifs is 1. The molecule has 138 valence electrons. The zero-order chi connectivity index (χ0) is 17.4. The molecule has 4 fully saturated rings. The van der Waals surface area contributed by atoms with Crippen molar-refractivity contribution in [2.75, 3.05) is 13.1 Å². The fourth-order valence-corrected chi connectivity index (χ4v) is 8.39. The van der Waals surface area contributed by atoms with Crippen LogP contribution in [0.5, 0.6) is 0 Å². The molecule has 2 heterocycles. The Kier molecular flexibility index (Phi) is 3.49. The van der Waals surface area contributed by atoms with Gasteiger partial charge in [-0.3, -0.25) is 9.69 Å². The summed E-state index contributed by atoms with van der Waals surface area (Å²) in [4.78, 5) is 14.4. The highest BCUT2D eigenvalue weighted by molar-refractivity contribution is 5.67. The molecule has 5 rings (SSSR count). The highest BCUT2D eigenvalue weighted by Crippen LogP contribution is 2.72. The van der Waals surface area contributed by atoms with Gasteiger partial charge < -0.3 is 5.11 Å². The van der Waals surface area contributed by atoms with E-state index in [9.17, 15) is 9.90 Å². The third-order valence-corrected chi connectivity index (χ3v) is 9.36. The fourth-order valence-electron chi connectivity index (χ4n) is 8.39. The Balaban J connectivity index is 1.71. The van der Waals surface area contributed by atoms with Crippen LogP contribution in [0, 0.1) is 34.5 Å². The molecule has 4 bridgehead atoms. The summed E-state index contributed by atoms with van der Waals surface area (Å²) in [6, 6.07) is 0.613. The third-order valence-electron chi connectivity index (χ3n) is 9.36. The molecule has 0 aromatic rings. The molecule has 2 aliphatic heterocycles. The molecule has 0 spiro atoms. The summed E-state index contributed by atoms with van der Waals surface area (Å²) in [6.07, 6.45) is 11.7. The van der Waals surface area contributed by atoms with Gasteiger partial charge in [0.15, 0.2) is 0 Å². The van der Waals surface area contributed by atoms with Crippen molar-refractivity contribution < 1.29 is 9.90 Å². The molecule has 0 amide bonds. The smallest absolute Gasteiger partial charge is 0.303 e. The van der Waals surface area contributed by atoms with Crippen molar-refractivity contribution in [1.82, 2.24) is 4.90 Å². The topological polar surface area (TPSA) is 40.5 Å². The second kappa shape index (κ2) is 5.34. The van der Waals surface area contributed by atoms with E-state index in [1.54, 1.807) is 5.57 Å². The first kappa shape index (κ1) is 16.4. The molecule has 1 N–H and O–H groups in total. The van der Waals surface area contributed by atoms with Gasteiger partial charge in [0.25, 0.3) is 0 Å². The van der Waals surface area contributed by atoms with Gasteiger partial charge in [0, 0.05) is 31.0 Å². The van der Waals surface area contributed by atoms with Gasteiger partial charge >= 0.3 is 5.97 Å². The number of hydrogen-bond donors (Lipinski definition) is 1. The van der Waals surface area contributed by atoms with Gasteiger partial charge in [-0.25, -0.2) is 0 Å². The van der Waals surface area contributed by atoms with E-state index in [4.69, 9.17) is 0 Å². The first-order valence-electron chi connectivity index (χ1n) is 10.6. The fraction of sp³-hybridized carbons (Fsp3) is 0.864. The monoisotopic (exact) mass is 343 g/mol. The van der Waals surface area contributed by atoms with Crippen molar-refractivity contribution in [3.63, 3.8) is 0 Å². The normalized spacial score (nSPS) is 51.0. The quantitative estimate of drug-likeness (QED) is 0.775. The van der Waals surface area contributed by atoms with Crippen LogP contribution in [-0.2, 0) is 4.79 Å². The Morgan fingerprint density at radius 2 is 2.12 bits per heavy atom. The van der Waals surface area contributed by atoms with E-state index in [0.29, 0.717) is 17.9 Å². The Labute approximate surface area is 151 Å². The molecule has 0 aromatic carbocycles. The number of aliphatic carboxylic acids is 1. The highest BCUT2D eigenvalue weighted by atomic mass is 16.4. The summed E-state index contributed by atoms with van der Waals surface area (Å²) in [5.41, 5.74) is 2.17. The van der Waals surface area contributed by atoms with Gasteiger partial charge in [-0.2, -0.15) is 0 Å². The minimum absolute atomic E-state index is 0.139. The van der Waals surface area contributed by atoms with E-state index in [1.165, 1.54) is 51.6 Å². The molecular formula is C22H33NO2. The van der Waals surface area contributed by atoms with Crippen LogP contribution in [0.1, 0.15) is 65.2 Å². The van der Waals surface area contributed by atoms with Crippen LogP contribution >= 0.6 is 0 Å². The lowest BCUT2D eigenvalue weighted by Crippen LogP contribution is -2.67. The van der Waals surface area contributed by atoms with Crippen LogP contribution in [0.15, 0.2) is 11.6 Å². The zero-order valence-electron chi connectivity index (χ0n) is 15.8. The minimum atomic E-state index is -0.604. The van der Waals surface area contributed by atoms with Crippen molar-refractivity contribution >= 4 is 5.97 Å². The standard InChI is InChI=1S/C22H33NO2/c1-14-12-23-13-16-7-6-15-4-3-5-18(15)22(11-9-19(24)25)20(23)17(14)8-10-21(16,22)2/h5,14-17,20H,3-4,6-13H2,1-2H3,(H,24,25)/t14-,15+,16-,17-,20+,21+,22+/m1/s1. The number of carboxylic acid groups (broad SMARTS) is 1. The van der Waals surface area contributed by atoms with E-state index in [1.807, 2.05) is 0 Å². The van der Waals surface area contributed by atoms with Gasteiger partial charge in [-0.15, -0.1) is 0 Å². The molecule has 7 atom stereocenters. The Morgan fingerprint density at radius 1 is 1.28 bits per heavy atom. The average molecular weight is 344 g/mol. The minimum Gasteiger partial charge on any atom is -0.481 e. The average Bonchev–Trinajstić information content (AvgIpc) is 3.14. The van der Waals surface area contributed by atoms with E-state index in [2.05, 4.69) is 24.8 Å². The molecule has 0 unspecified atom stereocenters. The van der Waals surface area contributed by atoms with Crippen LogP contribution in [0.2, 0.25) is 0 Å². The summed E-state index contributed by atoms with van der Waals surface area (Å²) in [6.45, 7) is 7.54. The van der Waals surface area contributed by atoms with Crippen molar-refractivity contribution in [3.8, 4) is 0 Å². The summed E-state index contributed by atoms with van der Waals surface area (Å²) in [7, 11) is 0. The van der Waals surface area contributed by atoms with Crippen molar-refractivity contribution in [3.05, 3.63) is 11.6 Å². The maximum Gasteiger partial charge on any atom is 0.303 e. The lowest BCUT2D eigenvalue weighted by Gasteiger charge is -2.66. The van der Waals surface area contributed by atoms with E-state index >= 15 is 0 Å². The predicted octanol–water partition coefficient (Wildman–Crippen LogP) is 4.33. The zero-order valence-corrected chi connectivity index (χ0v) is 15.8. The lowest BCUT2D eigenvalue weighted by molar-refractivity contribution is -0.153. The van der Waals surface area contributed by atoms with E-state index in [-0.39, 0.29) is 5.41 Å². The van der Waals surface area contributed by atoms with Crippen LogP contribution in [-0.4, -0.2) is 35.1 Å². The molecular weight excluding hydrogens is 310 g/mol. The molecule has 0 radical (unpaired) electrons.